The number of alkyl halides is 3. The first-order valence-corrected chi connectivity index (χ1v) is 6.48. The summed E-state index contributed by atoms with van der Waals surface area (Å²) in [7, 11) is 0. The molecule has 0 atom stereocenters. The summed E-state index contributed by atoms with van der Waals surface area (Å²) in [5, 5.41) is 0. The highest BCUT2D eigenvalue weighted by Gasteiger charge is 2.32. The van der Waals surface area contributed by atoms with Gasteiger partial charge in [0.15, 0.2) is 0 Å². The standard InChI is InChI=1S/C13H12BrF3O3/c1-2-19-12(18)5-3-4-9-6-7-10(14)8-11(9)20-13(15,16)17/h3,5-8H,2,4H2,1H3. The molecule has 0 unspecified atom stereocenters. The molecule has 110 valence electrons. The van der Waals surface area contributed by atoms with Crippen LogP contribution < -0.4 is 4.74 Å². The molecular formula is C13H12BrF3O3. The number of rotatable bonds is 5. The number of ether oxygens (including phenoxy) is 2. The number of carbonyl (C=O) groups is 1. The van der Waals surface area contributed by atoms with E-state index in [-0.39, 0.29) is 18.8 Å². The number of hydrogen-bond acceptors (Lipinski definition) is 3. The molecule has 0 N–H and O–H groups in total. The average Bonchev–Trinajstić information content (AvgIpc) is 2.30. The third-order valence-electron chi connectivity index (χ3n) is 2.13. The molecule has 0 aliphatic heterocycles. The Morgan fingerprint density at radius 1 is 1.40 bits per heavy atom. The van der Waals surface area contributed by atoms with Crippen LogP contribution in [0.25, 0.3) is 0 Å². The lowest BCUT2D eigenvalue weighted by Gasteiger charge is -2.12. The zero-order chi connectivity index (χ0) is 15.2. The van der Waals surface area contributed by atoms with Crippen molar-refractivity contribution in [2.75, 3.05) is 6.61 Å². The third-order valence-corrected chi connectivity index (χ3v) is 2.63. The largest absolute Gasteiger partial charge is 0.573 e. The molecule has 0 aliphatic carbocycles. The fourth-order valence-electron chi connectivity index (χ4n) is 1.39. The predicted molar refractivity (Wildman–Crippen MR) is 70.3 cm³/mol. The molecule has 0 fully saturated rings. The Morgan fingerprint density at radius 2 is 2.10 bits per heavy atom. The van der Waals surface area contributed by atoms with Crippen LogP contribution in [0.15, 0.2) is 34.8 Å². The van der Waals surface area contributed by atoms with E-state index in [2.05, 4.69) is 25.4 Å². The summed E-state index contributed by atoms with van der Waals surface area (Å²) >= 11 is 3.08. The van der Waals surface area contributed by atoms with Crippen LogP contribution in [-0.4, -0.2) is 18.9 Å². The summed E-state index contributed by atoms with van der Waals surface area (Å²) in [6, 6.07) is 4.30. The molecule has 0 aliphatic rings. The Kier molecular flexibility index (Phi) is 6.06. The molecule has 1 rings (SSSR count). The summed E-state index contributed by atoms with van der Waals surface area (Å²) in [6.07, 6.45) is -2.05. The van der Waals surface area contributed by atoms with Gasteiger partial charge in [-0.3, -0.25) is 0 Å². The van der Waals surface area contributed by atoms with Crippen molar-refractivity contribution >= 4 is 21.9 Å². The first kappa shape index (κ1) is 16.6. The Labute approximate surface area is 122 Å². The Hall–Kier alpha value is -1.50. The van der Waals surface area contributed by atoms with Crippen LogP contribution in [0.5, 0.6) is 5.75 Å². The molecule has 0 aromatic heterocycles. The van der Waals surface area contributed by atoms with E-state index in [4.69, 9.17) is 0 Å². The molecule has 0 saturated carbocycles. The highest BCUT2D eigenvalue weighted by atomic mass is 79.9. The van der Waals surface area contributed by atoms with Gasteiger partial charge in [0.05, 0.1) is 6.61 Å². The highest BCUT2D eigenvalue weighted by molar-refractivity contribution is 9.10. The van der Waals surface area contributed by atoms with Crippen molar-refractivity contribution < 1.29 is 27.4 Å². The van der Waals surface area contributed by atoms with E-state index >= 15 is 0 Å². The lowest BCUT2D eigenvalue weighted by molar-refractivity contribution is -0.274. The molecule has 1 aromatic carbocycles. The fraction of sp³-hybridized carbons (Fsp3) is 0.308. The summed E-state index contributed by atoms with van der Waals surface area (Å²) in [4.78, 5) is 11.1. The van der Waals surface area contributed by atoms with E-state index in [0.29, 0.717) is 10.0 Å². The normalized spacial score (nSPS) is 11.7. The third kappa shape index (κ3) is 6.10. The van der Waals surface area contributed by atoms with Gasteiger partial charge >= 0.3 is 12.3 Å². The number of allylic oxidation sites excluding steroid dienone is 1. The molecule has 20 heavy (non-hydrogen) atoms. The van der Waals surface area contributed by atoms with Gasteiger partial charge in [0.2, 0.25) is 0 Å². The minimum absolute atomic E-state index is 0.123. The molecule has 0 bridgehead atoms. The van der Waals surface area contributed by atoms with E-state index in [0.717, 1.165) is 0 Å². The van der Waals surface area contributed by atoms with Crippen molar-refractivity contribution in [3.63, 3.8) is 0 Å². The Bertz CT molecular complexity index is 498. The summed E-state index contributed by atoms with van der Waals surface area (Å²) < 4.78 is 45.9. The molecule has 1 aromatic rings. The van der Waals surface area contributed by atoms with Gasteiger partial charge in [0, 0.05) is 10.5 Å². The van der Waals surface area contributed by atoms with E-state index in [9.17, 15) is 18.0 Å². The van der Waals surface area contributed by atoms with Crippen molar-refractivity contribution in [2.24, 2.45) is 0 Å². The molecular weight excluding hydrogens is 341 g/mol. The molecule has 0 radical (unpaired) electrons. The second kappa shape index (κ2) is 7.33. The van der Waals surface area contributed by atoms with E-state index in [1.165, 1.54) is 24.3 Å². The number of hydrogen-bond donors (Lipinski definition) is 0. The topological polar surface area (TPSA) is 35.5 Å². The predicted octanol–water partition coefficient (Wildman–Crippen LogP) is 4.01. The number of carbonyl (C=O) groups excluding carboxylic acids is 1. The van der Waals surface area contributed by atoms with Gasteiger partial charge in [-0.05, 0) is 31.0 Å². The minimum Gasteiger partial charge on any atom is -0.463 e. The van der Waals surface area contributed by atoms with Crippen LogP contribution in [0.3, 0.4) is 0 Å². The minimum atomic E-state index is -4.76. The lowest BCUT2D eigenvalue weighted by atomic mass is 10.1. The van der Waals surface area contributed by atoms with Gasteiger partial charge in [-0.2, -0.15) is 0 Å². The van der Waals surface area contributed by atoms with Gasteiger partial charge in [-0.25, -0.2) is 4.79 Å². The second-order valence-corrected chi connectivity index (χ2v) is 4.57. The van der Waals surface area contributed by atoms with Gasteiger partial charge < -0.3 is 9.47 Å². The second-order valence-electron chi connectivity index (χ2n) is 3.66. The molecule has 7 heteroatoms. The van der Waals surface area contributed by atoms with E-state index < -0.39 is 12.3 Å². The van der Waals surface area contributed by atoms with Gasteiger partial charge in [0.1, 0.15) is 5.75 Å². The maximum Gasteiger partial charge on any atom is 0.573 e. The van der Waals surface area contributed by atoms with Crippen LogP contribution >= 0.6 is 15.9 Å². The fourth-order valence-corrected chi connectivity index (χ4v) is 1.73. The first-order valence-electron chi connectivity index (χ1n) is 5.69. The van der Waals surface area contributed by atoms with Crippen molar-refractivity contribution in [1.82, 2.24) is 0 Å². The molecule has 0 heterocycles. The number of benzene rings is 1. The van der Waals surface area contributed by atoms with Gasteiger partial charge in [-0.15, -0.1) is 13.2 Å². The van der Waals surface area contributed by atoms with Crippen LogP contribution in [0.2, 0.25) is 0 Å². The molecule has 0 saturated heterocycles. The van der Waals surface area contributed by atoms with Crippen LogP contribution in [0, 0.1) is 0 Å². The van der Waals surface area contributed by atoms with Crippen molar-refractivity contribution in [3.8, 4) is 5.75 Å². The van der Waals surface area contributed by atoms with E-state index in [1.807, 2.05) is 0 Å². The molecule has 0 spiro atoms. The first-order chi connectivity index (χ1) is 9.31. The monoisotopic (exact) mass is 352 g/mol. The average molecular weight is 353 g/mol. The SMILES string of the molecule is CCOC(=O)C=CCc1ccc(Br)cc1OC(F)(F)F. The summed E-state index contributed by atoms with van der Waals surface area (Å²) in [5.74, 6) is -0.844. The molecule has 3 nitrogen and oxygen atoms in total. The van der Waals surface area contributed by atoms with Crippen LogP contribution in [0.1, 0.15) is 12.5 Å². The maximum absolute atomic E-state index is 12.3. The number of esters is 1. The smallest absolute Gasteiger partial charge is 0.463 e. The van der Waals surface area contributed by atoms with Crippen LogP contribution in [-0.2, 0) is 16.0 Å². The highest BCUT2D eigenvalue weighted by Crippen LogP contribution is 2.29. The van der Waals surface area contributed by atoms with Crippen molar-refractivity contribution in [2.45, 2.75) is 19.7 Å². The zero-order valence-electron chi connectivity index (χ0n) is 10.5. The van der Waals surface area contributed by atoms with Crippen molar-refractivity contribution in [3.05, 3.63) is 40.4 Å². The van der Waals surface area contributed by atoms with E-state index in [1.54, 1.807) is 13.0 Å². The van der Waals surface area contributed by atoms with Gasteiger partial charge in [0.25, 0.3) is 0 Å². The van der Waals surface area contributed by atoms with Crippen LogP contribution in [0.4, 0.5) is 13.2 Å². The number of halogens is 4. The summed E-state index contributed by atoms with van der Waals surface area (Å²) in [6.45, 7) is 1.90. The Morgan fingerprint density at radius 3 is 2.70 bits per heavy atom. The quantitative estimate of drug-likeness (QED) is 0.593. The maximum atomic E-state index is 12.3. The Balaban J connectivity index is 2.81. The zero-order valence-corrected chi connectivity index (χ0v) is 12.1. The van der Waals surface area contributed by atoms with Crippen molar-refractivity contribution in [1.29, 1.82) is 0 Å². The lowest BCUT2D eigenvalue weighted by Crippen LogP contribution is -2.18. The van der Waals surface area contributed by atoms with Gasteiger partial charge in [-0.1, -0.05) is 28.1 Å². The molecule has 0 amide bonds. The summed E-state index contributed by atoms with van der Waals surface area (Å²) in [5.41, 5.74) is 0.311.